The number of sulfonamides is 1. The molecule has 0 aromatic heterocycles. The maximum absolute atomic E-state index is 13.7. The molecule has 3 N–H and O–H groups in total. The zero-order valence-electron chi connectivity index (χ0n) is 10.8. The molecule has 0 spiro atoms. The number of hydrogen-bond donors (Lipinski definition) is 2. The van der Waals surface area contributed by atoms with Gasteiger partial charge in [-0.2, -0.15) is 0 Å². The summed E-state index contributed by atoms with van der Waals surface area (Å²) in [5.74, 6) is -1.57. The Bertz CT molecular complexity index is 810. The SMILES string of the molecule is Cc1cc(F)c(NS(=O)(=O)c2cc(N)ccc2Br)cc1F. The first kappa shape index (κ1) is 15.7. The molecule has 112 valence electrons. The van der Waals surface area contributed by atoms with Crippen LogP contribution < -0.4 is 10.5 Å². The van der Waals surface area contributed by atoms with Crippen LogP contribution in [-0.4, -0.2) is 8.42 Å². The van der Waals surface area contributed by atoms with Crippen LogP contribution in [0.1, 0.15) is 5.56 Å². The number of hydrogen-bond acceptors (Lipinski definition) is 3. The summed E-state index contributed by atoms with van der Waals surface area (Å²) in [7, 11) is -4.10. The number of nitrogens with two attached hydrogens (primary N) is 1. The standard InChI is InChI=1S/C13H11BrF2N2O2S/c1-7-4-11(16)12(6-10(7)15)18-21(19,20)13-5-8(17)2-3-9(13)14/h2-6,18H,17H2,1H3. The van der Waals surface area contributed by atoms with Crippen LogP contribution in [0, 0.1) is 18.6 Å². The number of rotatable bonds is 3. The van der Waals surface area contributed by atoms with Gasteiger partial charge in [0.05, 0.1) is 5.69 Å². The average molecular weight is 377 g/mol. The molecule has 0 aliphatic carbocycles. The van der Waals surface area contributed by atoms with Crippen molar-refractivity contribution in [1.82, 2.24) is 0 Å². The van der Waals surface area contributed by atoms with E-state index >= 15 is 0 Å². The van der Waals surface area contributed by atoms with Gasteiger partial charge in [0.25, 0.3) is 10.0 Å². The molecule has 0 fully saturated rings. The van der Waals surface area contributed by atoms with E-state index in [2.05, 4.69) is 15.9 Å². The number of nitrogen functional groups attached to an aromatic ring is 1. The van der Waals surface area contributed by atoms with Gasteiger partial charge in [0.1, 0.15) is 16.5 Å². The van der Waals surface area contributed by atoms with Crippen molar-refractivity contribution in [2.75, 3.05) is 10.5 Å². The molecule has 0 aliphatic heterocycles. The number of benzene rings is 2. The number of aryl methyl sites for hydroxylation is 1. The molecule has 0 radical (unpaired) electrons. The smallest absolute Gasteiger partial charge is 0.263 e. The lowest BCUT2D eigenvalue weighted by Crippen LogP contribution is -2.15. The highest BCUT2D eigenvalue weighted by Gasteiger charge is 2.20. The van der Waals surface area contributed by atoms with Crippen molar-refractivity contribution in [2.24, 2.45) is 0 Å². The Morgan fingerprint density at radius 2 is 1.81 bits per heavy atom. The highest BCUT2D eigenvalue weighted by Crippen LogP contribution is 2.27. The largest absolute Gasteiger partial charge is 0.399 e. The predicted molar refractivity (Wildman–Crippen MR) is 80.5 cm³/mol. The van der Waals surface area contributed by atoms with Gasteiger partial charge in [0.15, 0.2) is 0 Å². The summed E-state index contributed by atoms with van der Waals surface area (Å²) in [4.78, 5) is -0.164. The first-order valence-electron chi connectivity index (χ1n) is 5.74. The molecule has 4 nitrogen and oxygen atoms in total. The summed E-state index contributed by atoms with van der Waals surface area (Å²) >= 11 is 3.08. The van der Waals surface area contributed by atoms with E-state index in [1.54, 1.807) is 0 Å². The minimum atomic E-state index is -4.10. The Labute approximate surface area is 129 Å². The maximum Gasteiger partial charge on any atom is 0.263 e. The topological polar surface area (TPSA) is 72.2 Å². The monoisotopic (exact) mass is 376 g/mol. The summed E-state index contributed by atoms with van der Waals surface area (Å²) in [5.41, 5.74) is 5.39. The second-order valence-corrected chi connectivity index (χ2v) is 6.88. The van der Waals surface area contributed by atoms with Crippen LogP contribution in [0.5, 0.6) is 0 Å². The molecular weight excluding hydrogens is 366 g/mol. The Morgan fingerprint density at radius 3 is 2.48 bits per heavy atom. The first-order chi connectivity index (χ1) is 9.70. The van der Waals surface area contributed by atoms with Gasteiger partial charge in [-0.25, -0.2) is 17.2 Å². The molecule has 21 heavy (non-hydrogen) atoms. The van der Waals surface area contributed by atoms with E-state index in [-0.39, 0.29) is 20.6 Å². The van der Waals surface area contributed by atoms with Gasteiger partial charge < -0.3 is 5.73 Å². The van der Waals surface area contributed by atoms with E-state index in [9.17, 15) is 17.2 Å². The van der Waals surface area contributed by atoms with Gasteiger partial charge in [-0.15, -0.1) is 0 Å². The molecule has 0 amide bonds. The summed E-state index contributed by atoms with van der Waals surface area (Å²) in [6, 6.07) is 5.89. The fourth-order valence-corrected chi connectivity index (χ4v) is 3.71. The molecule has 0 unspecified atom stereocenters. The lowest BCUT2D eigenvalue weighted by Gasteiger charge is -2.11. The van der Waals surface area contributed by atoms with E-state index in [4.69, 9.17) is 5.73 Å². The number of anilines is 2. The van der Waals surface area contributed by atoms with Gasteiger partial charge in [0, 0.05) is 16.2 Å². The fourth-order valence-electron chi connectivity index (χ4n) is 1.65. The highest BCUT2D eigenvalue weighted by molar-refractivity contribution is 9.10. The third kappa shape index (κ3) is 3.33. The average Bonchev–Trinajstić information content (AvgIpc) is 2.38. The highest BCUT2D eigenvalue weighted by atomic mass is 79.9. The second kappa shape index (κ2) is 5.61. The fraction of sp³-hybridized carbons (Fsp3) is 0.0769. The molecule has 2 aromatic rings. The predicted octanol–water partition coefficient (Wildman–Crippen LogP) is 3.42. The Hall–Kier alpha value is -1.67. The molecular formula is C13H11BrF2N2O2S. The van der Waals surface area contributed by atoms with Crippen molar-refractivity contribution in [3.8, 4) is 0 Å². The third-order valence-corrected chi connectivity index (χ3v) is 5.10. The molecule has 0 bridgehead atoms. The summed E-state index contributed by atoms with van der Waals surface area (Å²) in [6.07, 6.45) is 0. The van der Waals surface area contributed by atoms with Crippen LogP contribution in [0.2, 0.25) is 0 Å². The van der Waals surface area contributed by atoms with Crippen LogP contribution in [0.4, 0.5) is 20.2 Å². The maximum atomic E-state index is 13.7. The molecule has 0 aliphatic rings. The van der Waals surface area contributed by atoms with Gasteiger partial charge in [-0.1, -0.05) is 0 Å². The van der Waals surface area contributed by atoms with E-state index in [0.717, 1.165) is 12.1 Å². The third-order valence-electron chi connectivity index (χ3n) is 2.74. The molecule has 0 heterocycles. The normalized spacial score (nSPS) is 11.4. The van der Waals surface area contributed by atoms with Crippen molar-refractivity contribution in [1.29, 1.82) is 0 Å². The minimum Gasteiger partial charge on any atom is -0.399 e. The zero-order valence-corrected chi connectivity index (χ0v) is 13.2. The number of nitrogens with one attached hydrogen (secondary N) is 1. The molecule has 2 aromatic carbocycles. The summed E-state index contributed by atoms with van der Waals surface area (Å²) in [5, 5.41) is 0. The van der Waals surface area contributed by atoms with E-state index < -0.39 is 27.3 Å². The van der Waals surface area contributed by atoms with E-state index in [0.29, 0.717) is 0 Å². The molecule has 0 atom stereocenters. The first-order valence-corrected chi connectivity index (χ1v) is 8.02. The van der Waals surface area contributed by atoms with Crippen LogP contribution in [0.15, 0.2) is 39.7 Å². The molecule has 8 heteroatoms. The van der Waals surface area contributed by atoms with Crippen LogP contribution in [0.25, 0.3) is 0 Å². The lowest BCUT2D eigenvalue weighted by atomic mass is 10.2. The minimum absolute atomic E-state index is 0.0839. The van der Waals surface area contributed by atoms with E-state index in [1.165, 1.54) is 25.1 Å². The lowest BCUT2D eigenvalue weighted by molar-refractivity contribution is 0.590. The zero-order chi connectivity index (χ0) is 15.8. The van der Waals surface area contributed by atoms with Gasteiger partial charge in [0.2, 0.25) is 0 Å². The van der Waals surface area contributed by atoms with Crippen molar-refractivity contribution >= 4 is 37.3 Å². The van der Waals surface area contributed by atoms with E-state index in [1.807, 2.05) is 4.72 Å². The summed E-state index contributed by atoms with van der Waals surface area (Å²) < 4.78 is 53.9. The quantitative estimate of drug-likeness (QED) is 0.806. The van der Waals surface area contributed by atoms with Crippen LogP contribution in [-0.2, 0) is 10.0 Å². The van der Waals surface area contributed by atoms with Crippen molar-refractivity contribution in [3.05, 3.63) is 52.0 Å². The van der Waals surface area contributed by atoms with Crippen LogP contribution in [0.3, 0.4) is 0 Å². The molecule has 2 rings (SSSR count). The van der Waals surface area contributed by atoms with Gasteiger partial charge >= 0.3 is 0 Å². The number of halogens is 3. The Kier molecular flexibility index (Phi) is 4.20. The van der Waals surface area contributed by atoms with Crippen molar-refractivity contribution in [3.63, 3.8) is 0 Å². The molecule has 0 saturated carbocycles. The Morgan fingerprint density at radius 1 is 1.14 bits per heavy atom. The van der Waals surface area contributed by atoms with Crippen molar-refractivity contribution < 1.29 is 17.2 Å². The Balaban J connectivity index is 2.47. The van der Waals surface area contributed by atoms with Gasteiger partial charge in [-0.05, 0) is 52.7 Å². The molecule has 0 saturated heterocycles. The van der Waals surface area contributed by atoms with Gasteiger partial charge in [-0.3, -0.25) is 4.72 Å². The summed E-state index contributed by atoms with van der Waals surface area (Å²) in [6.45, 7) is 1.38. The second-order valence-electron chi connectivity index (χ2n) is 4.38. The van der Waals surface area contributed by atoms with Crippen LogP contribution >= 0.6 is 15.9 Å². The van der Waals surface area contributed by atoms with Crippen molar-refractivity contribution in [2.45, 2.75) is 11.8 Å².